The molecule has 2 aliphatic rings. The van der Waals surface area contributed by atoms with E-state index in [0.717, 1.165) is 104 Å². The number of halogens is 8. The summed E-state index contributed by atoms with van der Waals surface area (Å²) in [5.74, 6) is 1.33. The van der Waals surface area contributed by atoms with Gasteiger partial charge in [0.1, 0.15) is 11.5 Å². The summed E-state index contributed by atoms with van der Waals surface area (Å²) in [6.45, 7) is 4.81. The van der Waals surface area contributed by atoms with E-state index in [1.54, 1.807) is 18.3 Å². The summed E-state index contributed by atoms with van der Waals surface area (Å²) in [6, 6.07) is 20.5. The van der Waals surface area contributed by atoms with Gasteiger partial charge in [-0.2, -0.15) is 26.3 Å². The molecular formula is C47H51BCl2F6N4NaO5. The Balaban J connectivity index is 0.000000328. The number of nitrogens with one attached hydrogen (secondary N) is 2. The molecule has 2 aliphatic heterocycles. The third kappa shape index (κ3) is 15.1. The second kappa shape index (κ2) is 25.1. The number of ether oxygens (including phenoxy) is 2. The van der Waals surface area contributed by atoms with Gasteiger partial charge in [0, 0.05) is 102 Å². The Morgan fingerprint density at radius 1 is 0.727 bits per heavy atom. The van der Waals surface area contributed by atoms with Gasteiger partial charge >= 0.3 is 41.9 Å². The average Bonchev–Trinajstić information content (AvgIpc) is 3.90. The maximum atomic E-state index is 12.9. The van der Waals surface area contributed by atoms with Crippen molar-refractivity contribution in [1.82, 2.24) is 19.8 Å². The maximum absolute atomic E-state index is 12.9. The van der Waals surface area contributed by atoms with Crippen molar-refractivity contribution in [2.75, 3.05) is 59.6 Å². The van der Waals surface area contributed by atoms with Crippen LogP contribution in [0.2, 0.25) is 10.0 Å². The van der Waals surface area contributed by atoms with Crippen LogP contribution in [0.25, 0.3) is 21.8 Å². The molecule has 8 rings (SSSR count). The molecule has 2 fully saturated rings. The Kier molecular flexibility index (Phi) is 20.8. The molecule has 4 N–H and O–H groups in total. The van der Waals surface area contributed by atoms with E-state index in [4.69, 9.17) is 37.8 Å². The number of Topliss-reactive ketones (excluding diaryl/α,β-unsaturated/α-hetero) is 1. The Labute approximate surface area is 415 Å². The fourth-order valence-electron chi connectivity index (χ4n) is 8.14. The van der Waals surface area contributed by atoms with E-state index in [2.05, 4.69) is 19.8 Å². The number of benzene rings is 4. The van der Waals surface area contributed by atoms with Crippen LogP contribution in [-0.2, 0) is 12.4 Å². The Morgan fingerprint density at radius 3 is 1.70 bits per heavy atom. The van der Waals surface area contributed by atoms with Crippen molar-refractivity contribution in [3.8, 4) is 11.5 Å². The fraction of sp³-hybridized carbons (Fsp3) is 0.383. The third-order valence-corrected chi connectivity index (χ3v) is 11.8. The number of aliphatic hydroxyl groups is 2. The average molecular weight is 971 g/mol. The van der Waals surface area contributed by atoms with Gasteiger partial charge < -0.3 is 36.0 Å². The number of alkyl halides is 6. The smallest absolute Gasteiger partial charge is 1.00 e. The normalized spacial score (nSPS) is 17.3. The summed E-state index contributed by atoms with van der Waals surface area (Å²) in [5, 5.41) is 20.7. The number of aromatic nitrogens is 2. The molecule has 0 spiro atoms. The number of fused-ring (bicyclic) bond motifs is 2. The first kappa shape index (κ1) is 54.9. The van der Waals surface area contributed by atoms with Crippen LogP contribution in [0.4, 0.5) is 26.3 Å². The molecule has 19 heteroatoms. The molecule has 0 aliphatic carbocycles. The Hall–Kier alpha value is -3.71. The molecule has 2 saturated heterocycles. The van der Waals surface area contributed by atoms with Crippen molar-refractivity contribution in [3.63, 3.8) is 0 Å². The number of nitrogens with zero attached hydrogens (tertiary/aromatic N) is 2. The number of aliphatic hydroxyl groups excluding tert-OH is 2. The summed E-state index contributed by atoms with van der Waals surface area (Å²) < 4.78 is 87.5. The van der Waals surface area contributed by atoms with Crippen LogP contribution in [0.15, 0.2) is 97.3 Å². The summed E-state index contributed by atoms with van der Waals surface area (Å²) in [4.78, 5) is 23.5. The summed E-state index contributed by atoms with van der Waals surface area (Å²) in [5.41, 5.74) is 1.87. The first-order valence-corrected chi connectivity index (χ1v) is 21.6. The largest absolute Gasteiger partial charge is 1.00 e. The number of hydrogen-bond acceptors (Lipinski definition) is 7. The van der Waals surface area contributed by atoms with E-state index in [-0.39, 0.29) is 57.0 Å². The number of ketones is 1. The molecule has 66 heavy (non-hydrogen) atoms. The van der Waals surface area contributed by atoms with Gasteiger partial charge in [0.25, 0.3) is 0 Å². The minimum atomic E-state index is -4.36. The Bertz CT molecular complexity index is 2450. The summed E-state index contributed by atoms with van der Waals surface area (Å²) in [6.07, 6.45) is -1.96. The molecule has 9 nitrogen and oxygen atoms in total. The van der Waals surface area contributed by atoms with Crippen LogP contribution < -0.4 is 39.0 Å². The molecule has 0 bridgehead atoms. The monoisotopic (exact) mass is 969 g/mol. The van der Waals surface area contributed by atoms with Crippen LogP contribution in [0.1, 0.15) is 60.3 Å². The molecule has 6 aromatic rings. The van der Waals surface area contributed by atoms with Crippen molar-refractivity contribution in [2.24, 2.45) is 11.8 Å². The molecule has 349 valence electrons. The number of aromatic amines is 2. The van der Waals surface area contributed by atoms with E-state index >= 15 is 0 Å². The predicted molar refractivity (Wildman–Crippen MR) is 243 cm³/mol. The Morgan fingerprint density at radius 2 is 1.18 bits per heavy atom. The molecule has 3 atom stereocenters. The molecular weight excluding hydrogens is 919 g/mol. The first-order chi connectivity index (χ1) is 30.6. The van der Waals surface area contributed by atoms with Gasteiger partial charge in [0.15, 0.2) is 5.78 Å². The number of β-amino-alcohol motifs (C(OH)–C–C–N with tert-alkyl or cyclic N) is 1. The van der Waals surface area contributed by atoms with Gasteiger partial charge in [0.05, 0.1) is 37.0 Å². The van der Waals surface area contributed by atoms with Crippen molar-refractivity contribution in [2.45, 2.75) is 44.1 Å². The second-order valence-corrected chi connectivity index (χ2v) is 16.8. The number of carbonyl (C=O) groups excluding carboxylic acids is 1. The molecule has 0 amide bonds. The van der Waals surface area contributed by atoms with E-state index in [1.165, 1.54) is 24.3 Å². The number of piperidine rings is 2. The summed E-state index contributed by atoms with van der Waals surface area (Å²) in [7, 11) is 1.00. The SMILES string of the molecule is CO.O=C(CN1CCCC(COc2ccc(C(F)(F)F)cc2)C1)c1c[nH]c2ccc(Cl)cc12.OC(CN1CCCC(COc2ccc(C(F)(F)F)cc2)C1)c1c[nH]c2ccc(Cl)cc12.[B].[H-].[Na+]. The minimum absolute atomic E-state index is 0. The van der Waals surface area contributed by atoms with Gasteiger partial charge in [-0.1, -0.05) is 23.2 Å². The number of likely N-dealkylation sites (tertiary alicyclic amines) is 2. The van der Waals surface area contributed by atoms with Gasteiger partial charge in [0.2, 0.25) is 0 Å². The number of H-pyrrole nitrogens is 2. The minimum Gasteiger partial charge on any atom is -1.00 e. The molecule has 3 unspecified atom stereocenters. The van der Waals surface area contributed by atoms with Gasteiger partial charge in [-0.3, -0.25) is 9.69 Å². The quantitative estimate of drug-likeness (QED) is 0.0563. The van der Waals surface area contributed by atoms with E-state index in [9.17, 15) is 36.2 Å². The van der Waals surface area contributed by atoms with Crippen LogP contribution >= 0.6 is 23.2 Å². The van der Waals surface area contributed by atoms with Gasteiger partial charge in [-0.05, 0) is 124 Å². The standard InChI is InChI=1S/C23H24ClF3N2O2.C23H22ClF3N2O2.CH4O.B.Na.H/c2*24-17-5-8-21-19(10-17)20(11-28-21)22(30)13-29-9-1-2-15(12-29)14-31-18-6-3-16(4-7-18)23(25,26)27;1-2;;;/h3-8,10-11,15,22,28,30H,1-2,9,12-14H2;3-8,10-11,15,28H,1-2,9,12-14H2;2H,1H3;;;/q;;;;+1;-1. The van der Waals surface area contributed by atoms with Crippen LogP contribution in [0.5, 0.6) is 11.5 Å². The number of carbonyl (C=O) groups is 1. The zero-order valence-electron chi connectivity index (χ0n) is 37.6. The molecule has 0 saturated carbocycles. The van der Waals surface area contributed by atoms with E-state index < -0.39 is 29.6 Å². The topological polar surface area (TPSA) is 114 Å². The van der Waals surface area contributed by atoms with Crippen molar-refractivity contribution < 1.29 is 81.8 Å². The van der Waals surface area contributed by atoms with Gasteiger partial charge in [-0.25, -0.2) is 0 Å². The first-order valence-electron chi connectivity index (χ1n) is 20.8. The second-order valence-electron chi connectivity index (χ2n) is 15.9. The molecule has 4 aromatic carbocycles. The predicted octanol–water partition coefficient (Wildman–Crippen LogP) is 7.82. The fourth-order valence-corrected chi connectivity index (χ4v) is 8.48. The van der Waals surface area contributed by atoms with Crippen LogP contribution in [-0.4, -0.2) is 104 Å². The summed E-state index contributed by atoms with van der Waals surface area (Å²) >= 11 is 12.2. The van der Waals surface area contributed by atoms with Crippen LogP contribution in [0, 0.1) is 11.8 Å². The van der Waals surface area contributed by atoms with Crippen molar-refractivity contribution in [1.29, 1.82) is 0 Å². The molecule has 2 aromatic heterocycles. The zero-order chi connectivity index (χ0) is 46.0. The van der Waals surface area contributed by atoms with Gasteiger partial charge in [-0.15, -0.1) is 0 Å². The maximum Gasteiger partial charge on any atom is 1.00 e. The third-order valence-electron chi connectivity index (χ3n) is 11.3. The van der Waals surface area contributed by atoms with E-state index in [0.29, 0.717) is 60.0 Å². The number of rotatable bonds is 12. The molecule has 4 heterocycles. The molecule has 3 radical (unpaired) electrons. The van der Waals surface area contributed by atoms with Crippen molar-refractivity contribution >= 4 is 59.2 Å². The van der Waals surface area contributed by atoms with Crippen LogP contribution in [0.3, 0.4) is 0 Å². The number of hydrogen-bond donors (Lipinski definition) is 4. The van der Waals surface area contributed by atoms with E-state index in [1.807, 2.05) is 30.5 Å². The van der Waals surface area contributed by atoms with Crippen molar-refractivity contribution in [3.05, 3.63) is 130 Å². The zero-order valence-corrected chi connectivity index (χ0v) is 40.1.